The average Bonchev–Trinajstić information content (AvgIpc) is 2.69. The topological polar surface area (TPSA) is 86.8 Å². The maximum Gasteiger partial charge on any atom is 0.337 e. The Morgan fingerprint density at radius 3 is 2.89 bits per heavy atom. The number of carboxylic acid groups (broad SMARTS) is 1. The van der Waals surface area contributed by atoms with Crippen LogP contribution < -0.4 is 10.6 Å². The second-order valence-electron chi connectivity index (χ2n) is 4.76. The molecule has 1 aliphatic heterocycles. The summed E-state index contributed by atoms with van der Waals surface area (Å²) >= 11 is 0. The van der Waals surface area contributed by atoms with Crippen LogP contribution in [0.25, 0.3) is 0 Å². The van der Waals surface area contributed by atoms with E-state index >= 15 is 0 Å². The highest BCUT2D eigenvalue weighted by Gasteiger charge is 2.33. The van der Waals surface area contributed by atoms with Crippen LogP contribution in [0, 0.1) is 5.92 Å². The Morgan fingerprint density at radius 1 is 1.56 bits per heavy atom. The second-order valence-corrected chi connectivity index (χ2v) is 4.76. The first-order valence-corrected chi connectivity index (χ1v) is 6.05. The van der Waals surface area contributed by atoms with Crippen LogP contribution in [0.5, 0.6) is 0 Å². The molecule has 1 saturated heterocycles. The molecule has 2 rings (SSSR count). The number of rotatable bonds is 3. The normalized spacial score (nSPS) is 23.3. The smallest absolute Gasteiger partial charge is 0.337 e. The number of nitrogens with zero attached hydrogens (tertiary/aromatic N) is 1. The van der Waals surface area contributed by atoms with E-state index in [2.05, 4.69) is 6.92 Å². The van der Waals surface area contributed by atoms with Crippen LogP contribution >= 0.6 is 0 Å². The van der Waals surface area contributed by atoms with Crippen LogP contribution in [0.4, 0.5) is 11.4 Å². The molecule has 0 aromatic heterocycles. The zero-order chi connectivity index (χ0) is 13.3. The highest BCUT2D eigenvalue weighted by Crippen LogP contribution is 2.35. The highest BCUT2D eigenvalue weighted by molar-refractivity contribution is 5.98. The Bertz CT molecular complexity index is 462. The van der Waals surface area contributed by atoms with E-state index in [1.54, 1.807) is 18.2 Å². The monoisotopic (exact) mass is 250 g/mol. The summed E-state index contributed by atoms with van der Waals surface area (Å²) < 4.78 is 0. The minimum atomic E-state index is -0.992. The van der Waals surface area contributed by atoms with Gasteiger partial charge in [-0.05, 0) is 24.5 Å². The van der Waals surface area contributed by atoms with Crippen molar-refractivity contribution < 1.29 is 15.0 Å². The van der Waals surface area contributed by atoms with Crippen molar-refractivity contribution in [3.63, 3.8) is 0 Å². The standard InChI is InChI=1S/C13H18N2O3/c1-8-5-6-15(11(8)7-16)12-9(13(17)18)3-2-4-10(12)14/h2-4,8,11,16H,5-7,14H2,1H3,(H,17,18). The Balaban J connectivity index is 2.47. The fraction of sp³-hybridized carbons (Fsp3) is 0.462. The van der Waals surface area contributed by atoms with Gasteiger partial charge in [-0.15, -0.1) is 0 Å². The van der Waals surface area contributed by atoms with E-state index in [1.807, 2.05) is 4.90 Å². The number of anilines is 2. The zero-order valence-corrected chi connectivity index (χ0v) is 10.3. The third kappa shape index (κ3) is 2.01. The first-order chi connectivity index (χ1) is 8.56. The van der Waals surface area contributed by atoms with Gasteiger partial charge in [-0.3, -0.25) is 0 Å². The van der Waals surface area contributed by atoms with E-state index in [4.69, 9.17) is 5.73 Å². The van der Waals surface area contributed by atoms with Gasteiger partial charge in [0.25, 0.3) is 0 Å². The Labute approximate surface area is 106 Å². The lowest BCUT2D eigenvalue weighted by Gasteiger charge is -2.29. The molecule has 1 aromatic rings. The molecule has 2 unspecified atom stereocenters. The predicted octanol–water partition coefficient (Wildman–Crippen LogP) is 1.17. The second kappa shape index (κ2) is 4.86. The number of nitrogen functional groups attached to an aromatic ring is 1. The molecule has 5 nitrogen and oxygen atoms in total. The molecule has 2 atom stereocenters. The van der Waals surface area contributed by atoms with Crippen LogP contribution in [0.1, 0.15) is 23.7 Å². The molecule has 5 heteroatoms. The van der Waals surface area contributed by atoms with Crippen molar-refractivity contribution in [2.24, 2.45) is 5.92 Å². The molecule has 0 bridgehead atoms. The largest absolute Gasteiger partial charge is 0.478 e. The van der Waals surface area contributed by atoms with E-state index < -0.39 is 5.97 Å². The molecule has 18 heavy (non-hydrogen) atoms. The summed E-state index contributed by atoms with van der Waals surface area (Å²) in [5.41, 5.74) is 7.09. The lowest BCUT2D eigenvalue weighted by atomic mass is 10.0. The molecule has 98 valence electrons. The fourth-order valence-corrected chi connectivity index (χ4v) is 2.62. The molecule has 1 heterocycles. The van der Waals surface area contributed by atoms with Gasteiger partial charge in [0.05, 0.1) is 29.6 Å². The van der Waals surface area contributed by atoms with Gasteiger partial charge in [0, 0.05) is 6.54 Å². The van der Waals surface area contributed by atoms with Crippen LogP contribution in [0.2, 0.25) is 0 Å². The Kier molecular flexibility index (Phi) is 3.43. The summed E-state index contributed by atoms with van der Waals surface area (Å²) in [6, 6.07) is 4.81. The minimum Gasteiger partial charge on any atom is -0.478 e. The van der Waals surface area contributed by atoms with Crippen molar-refractivity contribution in [2.45, 2.75) is 19.4 Å². The first kappa shape index (κ1) is 12.7. The number of benzene rings is 1. The Morgan fingerprint density at radius 2 is 2.28 bits per heavy atom. The molecule has 1 aromatic carbocycles. The molecular weight excluding hydrogens is 232 g/mol. The number of aromatic carboxylic acids is 1. The van der Waals surface area contributed by atoms with E-state index in [1.165, 1.54) is 0 Å². The lowest BCUT2D eigenvalue weighted by Crippen LogP contribution is -2.36. The molecule has 0 saturated carbocycles. The van der Waals surface area contributed by atoms with Gasteiger partial charge < -0.3 is 20.8 Å². The summed E-state index contributed by atoms with van der Waals surface area (Å²) in [5, 5.41) is 18.7. The molecule has 0 amide bonds. The van der Waals surface area contributed by atoms with Gasteiger partial charge in [0.1, 0.15) is 0 Å². The van der Waals surface area contributed by atoms with Gasteiger partial charge in [0.2, 0.25) is 0 Å². The van der Waals surface area contributed by atoms with E-state index in [0.29, 0.717) is 17.3 Å². The van der Waals surface area contributed by atoms with E-state index in [9.17, 15) is 15.0 Å². The number of hydrogen-bond donors (Lipinski definition) is 3. The van der Waals surface area contributed by atoms with Gasteiger partial charge in [-0.2, -0.15) is 0 Å². The van der Waals surface area contributed by atoms with Gasteiger partial charge in [-0.1, -0.05) is 13.0 Å². The van der Waals surface area contributed by atoms with Crippen molar-refractivity contribution >= 4 is 17.3 Å². The van der Waals surface area contributed by atoms with Crippen LogP contribution in [0.15, 0.2) is 18.2 Å². The van der Waals surface area contributed by atoms with Crippen molar-refractivity contribution in [2.75, 3.05) is 23.8 Å². The summed E-state index contributed by atoms with van der Waals surface area (Å²) in [6.07, 6.45) is 0.929. The number of para-hydroxylation sites is 1. The molecular formula is C13H18N2O3. The third-order valence-corrected chi connectivity index (χ3v) is 3.65. The predicted molar refractivity (Wildman–Crippen MR) is 69.8 cm³/mol. The summed E-state index contributed by atoms with van der Waals surface area (Å²) in [7, 11) is 0. The number of carbonyl (C=O) groups is 1. The molecule has 0 spiro atoms. The van der Waals surface area contributed by atoms with Crippen molar-refractivity contribution in [1.82, 2.24) is 0 Å². The molecule has 4 N–H and O–H groups in total. The number of carboxylic acids is 1. The van der Waals surface area contributed by atoms with Gasteiger partial charge >= 0.3 is 5.97 Å². The fourth-order valence-electron chi connectivity index (χ4n) is 2.62. The average molecular weight is 250 g/mol. The summed E-state index contributed by atoms with van der Waals surface area (Å²) in [6.45, 7) is 2.79. The van der Waals surface area contributed by atoms with Crippen LogP contribution in [0.3, 0.4) is 0 Å². The van der Waals surface area contributed by atoms with Crippen LogP contribution in [-0.4, -0.2) is 35.4 Å². The molecule has 0 radical (unpaired) electrons. The summed E-state index contributed by atoms with van der Waals surface area (Å²) in [4.78, 5) is 13.2. The quantitative estimate of drug-likeness (QED) is 0.701. The van der Waals surface area contributed by atoms with Gasteiger partial charge in [-0.25, -0.2) is 4.79 Å². The number of aliphatic hydroxyl groups is 1. The summed E-state index contributed by atoms with van der Waals surface area (Å²) in [5.74, 6) is -0.662. The van der Waals surface area contributed by atoms with E-state index in [0.717, 1.165) is 13.0 Å². The number of nitrogens with two attached hydrogens (primary N) is 1. The van der Waals surface area contributed by atoms with Crippen molar-refractivity contribution in [1.29, 1.82) is 0 Å². The Hall–Kier alpha value is -1.75. The third-order valence-electron chi connectivity index (χ3n) is 3.65. The maximum atomic E-state index is 11.3. The van der Waals surface area contributed by atoms with Gasteiger partial charge in [0.15, 0.2) is 0 Å². The van der Waals surface area contributed by atoms with E-state index in [-0.39, 0.29) is 18.2 Å². The lowest BCUT2D eigenvalue weighted by molar-refractivity contribution is 0.0697. The molecule has 1 fully saturated rings. The molecule has 0 aliphatic carbocycles. The number of aliphatic hydroxyl groups excluding tert-OH is 1. The highest BCUT2D eigenvalue weighted by atomic mass is 16.4. The minimum absolute atomic E-state index is 0.00849. The van der Waals surface area contributed by atoms with Crippen LogP contribution in [-0.2, 0) is 0 Å². The maximum absolute atomic E-state index is 11.3. The molecule has 1 aliphatic rings. The van der Waals surface area contributed by atoms with Crippen molar-refractivity contribution in [3.8, 4) is 0 Å². The van der Waals surface area contributed by atoms with Crippen molar-refractivity contribution in [3.05, 3.63) is 23.8 Å². The SMILES string of the molecule is CC1CCN(c2c(N)cccc2C(=O)O)C1CO. The first-order valence-electron chi connectivity index (χ1n) is 6.05. The number of hydrogen-bond acceptors (Lipinski definition) is 4. The zero-order valence-electron chi connectivity index (χ0n) is 10.3.